The molecule has 0 aromatic carbocycles. The van der Waals surface area contributed by atoms with Gasteiger partial charge in [-0.1, -0.05) is 87.0 Å². The maximum Gasteiger partial charge on any atom is 0.0340 e. The molecule has 0 unspecified atom stereocenters. The SMILES string of the molecule is C=C[C@H](C)[C@@H](CC)[C@@H]1CCCN1C(=C)C[C@@H](CC)[C@H]([C@@H](C)CC)N(C)C(=C)CC(C)C. The molecule has 0 saturated carbocycles. The minimum atomic E-state index is 0.521. The molecule has 1 rings (SSSR count). The molecule has 6 atom stereocenters. The Balaban J connectivity index is 3.03. The lowest BCUT2D eigenvalue weighted by Crippen LogP contribution is -2.43. The van der Waals surface area contributed by atoms with Crippen LogP contribution in [0.4, 0.5) is 0 Å². The van der Waals surface area contributed by atoms with Crippen LogP contribution < -0.4 is 0 Å². The molecule has 1 fully saturated rings. The Morgan fingerprint density at radius 1 is 1.03 bits per heavy atom. The maximum atomic E-state index is 4.66. The predicted molar refractivity (Wildman–Crippen MR) is 140 cm³/mol. The molecule has 31 heavy (non-hydrogen) atoms. The van der Waals surface area contributed by atoms with Gasteiger partial charge in [0.15, 0.2) is 0 Å². The van der Waals surface area contributed by atoms with Gasteiger partial charge in [0.2, 0.25) is 0 Å². The summed E-state index contributed by atoms with van der Waals surface area (Å²) in [5.41, 5.74) is 2.65. The van der Waals surface area contributed by atoms with E-state index in [0.29, 0.717) is 41.7 Å². The van der Waals surface area contributed by atoms with Crippen molar-refractivity contribution < 1.29 is 0 Å². The van der Waals surface area contributed by atoms with Crippen LogP contribution in [0, 0.1) is 29.6 Å². The first kappa shape index (κ1) is 27.9. The number of allylic oxidation sites excluding steroid dienone is 3. The molecule has 0 amide bonds. The highest BCUT2D eigenvalue weighted by molar-refractivity contribution is 5.07. The lowest BCUT2D eigenvalue weighted by molar-refractivity contribution is 0.128. The normalized spacial score (nSPS) is 21.5. The number of hydrogen-bond donors (Lipinski definition) is 0. The van der Waals surface area contributed by atoms with Crippen molar-refractivity contribution in [1.29, 1.82) is 0 Å². The highest BCUT2D eigenvalue weighted by atomic mass is 15.2. The second kappa shape index (κ2) is 13.4. The highest BCUT2D eigenvalue weighted by Crippen LogP contribution is 2.37. The topological polar surface area (TPSA) is 6.48 Å². The molecule has 0 aromatic heterocycles. The van der Waals surface area contributed by atoms with Gasteiger partial charge >= 0.3 is 0 Å². The molecule has 2 heteroatoms. The zero-order valence-corrected chi connectivity index (χ0v) is 22.3. The molecule has 1 heterocycles. The number of nitrogens with zero attached hydrogens (tertiary/aromatic N) is 2. The average molecular weight is 431 g/mol. The van der Waals surface area contributed by atoms with Crippen molar-refractivity contribution in [2.45, 2.75) is 105 Å². The summed E-state index contributed by atoms with van der Waals surface area (Å²) in [6, 6.07) is 1.15. The zero-order chi connectivity index (χ0) is 23.7. The van der Waals surface area contributed by atoms with Gasteiger partial charge in [-0.15, -0.1) is 6.58 Å². The molecule has 0 spiro atoms. The largest absolute Gasteiger partial charge is 0.375 e. The van der Waals surface area contributed by atoms with Crippen molar-refractivity contribution in [2.75, 3.05) is 13.6 Å². The summed E-state index contributed by atoms with van der Waals surface area (Å²) in [5, 5.41) is 0. The first-order chi connectivity index (χ1) is 14.6. The lowest BCUT2D eigenvalue weighted by atomic mass is 9.81. The van der Waals surface area contributed by atoms with Crippen LogP contribution in [0.3, 0.4) is 0 Å². The van der Waals surface area contributed by atoms with Crippen LogP contribution in [-0.2, 0) is 0 Å². The van der Waals surface area contributed by atoms with E-state index in [0.717, 1.165) is 12.8 Å². The lowest BCUT2D eigenvalue weighted by Gasteiger charge is -2.43. The Hall–Kier alpha value is -1.18. The number of hydrogen-bond acceptors (Lipinski definition) is 2. The fraction of sp³-hybridized carbons (Fsp3) is 0.793. The van der Waals surface area contributed by atoms with Crippen molar-refractivity contribution in [1.82, 2.24) is 9.80 Å². The third kappa shape index (κ3) is 7.43. The number of rotatable bonds is 15. The summed E-state index contributed by atoms with van der Waals surface area (Å²) in [4.78, 5) is 5.19. The van der Waals surface area contributed by atoms with Crippen LogP contribution >= 0.6 is 0 Å². The zero-order valence-electron chi connectivity index (χ0n) is 22.3. The monoisotopic (exact) mass is 430 g/mol. The predicted octanol–water partition coefficient (Wildman–Crippen LogP) is 8.14. The molecule has 2 nitrogen and oxygen atoms in total. The smallest absolute Gasteiger partial charge is 0.0340 e. The van der Waals surface area contributed by atoms with Gasteiger partial charge in [0, 0.05) is 37.1 Å². The molecular formula is C29H54N2. The highest BCUT2D eigenvalue weighted by Gasteiger charge is 2.36. The van der Waals surface area contributed by atoms with Gasteiger partial charge in [-0.3, -0.25) is 0 Å². The summed E-state index contributed by atoms with van der Waals surface area (Å²) in [5.74, 6) is 3.13. The summed E-state index contributed by atoms with van der Waals surface area (Å²) in [6.07, 6.45) is 10.5. The van der Waals surface area contributed by atoms with Crippen molar-refractivity contribution in [3.63, 3.8) is 0 Å². The van der Waals surface area contributed by atoms with Crippen molar-refractivity contribution in [3.8, 4) is 0 Å². The molecule has 0 aromatic rings. The Labute approximate surface area is 195 Å². The van der Waals surface area contributed by atoms with Crippen LogP contribution in [0.1, 0.15) is 93.4 Å². The molecule has 180 valence electrons. The van der Waals surface area contributed by atoms with Gasteiger partial charge in [0.1, 0.15) is 0 Å². The van der Waals surface area contributed by atoms with Gasteiger partial charge in [-0.25, -0.2) is 0 Å². The van der Waals surface area contributed by atoms with Crippen molar-refractivity contribution >= 4 is 0 Å². The molecule has 0 aliphatic carbocycles. The third-order valence-corrected chi connectivity index (χ3v) is 8.04. The quantitative estimate of drug-likeness (QED) is 0.242. The van der Waals surface area contributed by atoms with E-state index < -0.39 is 0 Å². The van der Waals surface area contributed by atoms with Crippen LogP contribution in [-0.4, -0.2) is 35.5 Å². The second-order valence-electron chi connectivity index (χ2n) is 10.7. The van der Waals surface area contributed by atoms with Crippen LogP contribution in [0.15, 0.2) is 37.2 Å². The Morgan fingerprint density at radius 2 is 1.68 bits per heavy atom. The molecule has 0 radical (unpaired) electrons. The van der Waals surface area contributed by atoms with Gasteiger partial charge in [-0.05, 0) is 55.3 Å². The minimum absolute atomic E-state index is 0.521. The second-order valence-corrected chi connectivity index (χ2v) is 10.7. The third-order valence-electron chi connectivity index (χ3n) is 8.04. The Bertz CT molecular complexity index is 563. The Kier molecular flexibility index (Phi) is 12.0. The first-order valence-corrected chi connectivity index (χ1v) is 13.1. The molecule has 1 aliphatic heterocycles. The molecule has 1 aliphatic rings. The van der Waals surface area contributed by atoms with Crippen molar-refractivity contribution in [3.05, 3.63) is 37.2 Å². The number of likely N-dealkylation sites (tertiary alicyclic amines) is 1. The van der Waals surface area contributed by atoms with E-state index in [1.807, 2.05) is 0 Å². The maximum absolute atomic E-state index is 4.66. The molecule has 1 saturated heterocycles. The van der Waals surface area contributed by atoms with Gasteiger partial charge in [-0.2, -0.15) is 0 Å². The summed E-state index contributed by atoms with van der Waals surface area (Å²) in [6.45, 7) is 30.8. The fourth-order valence-electron chi connectivity index (χ4n) is 5.96. The van der Waals surface area contributed by atoms with Crippen LogP contribution in [0.2, 0.25) is 0 Å². The Morgan fingerprint density at radius 3 is 2.16 bits per heavy atom. The van der Waals surface area contributed by atoms with E-state index in [9.17, 15) is 0 Å². The van der Waals surface area contributed by atoms with E-state index in [-0.39, 0.29) is 0 Å². The molecule has 0 bridgehead atoms. The van der Waals surface area contributed by atoms with Crippen molar-refractivity contribution in [2.24, 2.45) is 29.6 Å². The molecule has 0 N–H and O–H groups in total. The van der Waals surface area contributed by atoms with Crippen LogP contribution in [0.5, 0.6) is 0 Å². The van der Waals surface area contributed by atoms with Crippen LogP contribution in [0.25, 0.3) is 0 Å². The van der Waals surface area contributed by atoms with Gasteiger partial charge in [0.05, 0.1) is 0 Å². The summed E-state index contributed by atoms with van der Waals surface area (Å²) in [7, 11) is 2.28. The standard InChI is InChI=1S/C29H54N2/c1-12-22(7)27(15-4)28-17-16-18-31(28)25(10)20-26(14-3)29(23(8)13-2)30(11)24(9)19-21(5)6/h12,21-23,26-29H,1,9-10,13-20H2,2-8,11H3/t22-,23-,26+,27+,28-,29-/m0/s1. The van der Waals surface area contributed by atoms with Gasteiger partial charge in [0.25, 0.3) is 0 Å². The summed E-state index contributed by atoms with van der Waals surface area (Å²) < 4.78 is 0. The average Bonchev–Trinajstić information content (AvgIpc) is 3.22. The minimum Gasteiger partial charge on any atom is -0.375 e. The molecular weight excluding hydrogens is 376 g/mol. The summed E-state index contributed by atoms with van der Waals surface area (Å²) >= 11 is 0. The fourth-order valence-corrected chi connectivity index (χ4v) is 5.96. The first-order valence-electron chi connectivity index (χ1n) is 13.1. The van der Waals surface area contributed by atoms with E-state index in [1.165, 1.54) is 50.0 Å². The van der Waals surface area contributed by atoms with E-state index in [4.69, 9.17) is 0 Å². The van der Waals surface area contributed by atoms with E-state index in [2.05, 4.69) is 91.1 Å². The van der Waals surface area contributed by atoms with E-state index >= 15 is 0 Å². The van der Waals surface area contributed by atoms with E-state index in [1.54, 1.807) is 0 Å². The van der Waals surface area contributed by atoms with Gasteiger partial charge < -0.3 is 9.80 Å².